The van der Waals surface area contributed by atoms with Gasteiger partial charge in [-0.25, -0.2) is 4.21 Å². The number of anilines is 1. The number of para-hydroxylation sites is 1. The molecule has 4 rings (SSSR count). The molecule has 0 bridgehead atoms. The molecule has 4 aromatic rings. The number of benzene rings is 1. The highest BCUT2D eigenvalue weighted by atomic mass is 32.2. The van der Waals surface area contributed by atoms with Gasteiger partial charge in [-0.3, -0.25) is 19.5 Å². The maximum absolute atomic E-state index is 12.7. The zero-order chi connectivity index (χ0) is 17.4. The van der Waals surface area contributed by atoms with Crippen LogP contribution in [0.1, 0.15) is 5.69 Å². The highest BCUT2D eigenvalue weighted by molar-refractivity contribution is 7.86. The van der Waals surface area contributed by atoms with Crippen LogP contribution in [0.25, 0.3) is 22.2 Å². The number of H-pyrrole nitrogens is 1. The first kappa shape index (κ1) is 15.5. The summed E-state index contributed by atoms with van der Waals surface area (Å²) in [5, 5.41) is 12.1. The van der Waals surface area contributed by atoms with Gasteiger partial charge in [0.2, 0.25) is 0 Å². The summed E-state index contributed by atoms with van der Waals surface area (Å²) in [7, 11) is 0.441. The van der Waals surface area contributed by atoms with Gasteiger partial charge in [-0.15, -0.1) is 0 Å². The molecule has 8 heteroatoms. The molecule has 7 nitrogen and oxygen atoms in total. The van der Waals surface area contributed by atoms with Crippen molar-refractivity contribution >= 4 is 27.6 Å². The molecule has 0 saturated heterocycles. The molecule has 0 spiro atoms. The van der Waals surface area contributed by atoms with E-state index in [0.717, 1.165) is 33.5 Å². The maximum Gasteiger partial charge on any atom is 0.151 e. The molecule has 0 fully saturated rings. The Morgan fingerprint density at radius 1 is 1.16 bits per heavy atom. The van der Waals surface area contributed by atoms with E-state index in [1.54, 1.807) is 29.3 Å². The SMILES string of the molecule is Cc1[nH]ncc1-c1ccc(S(=O)Nc2cccc3cnn(C)c23)cn1. The average molecular weight is 352 g/mol. The Bertz CT molecular complexity index is 1070. The number of rotatable bonds is 4. The van der Waals surface area contributed by atoms with Crippen molar-refractivity contribution in [3.63, 3.8) is 0 Å². The van der Waals surface area contributed by atoms with Crippen LogP contribution in [0.15, 0.2) is 53.8 Å². The first-order valence-electron chi connectivity index (χ1n) is 7.69. The van der Waals surface area contributed by atoms with Crippen molar-refractivity contribution in [2.75, 3.05) is 4.72 Å². The van der Waals surface area contributed by atoms with Crippen molar-refractivity contribution in [3.8, 4) is 11.3 Å². The number of hydrogen-bond donors (Lipinski definition) is 2. The van der Waals surface area contributed by atoms with E-state index in [0.29, 0.717) is 4.90 Å². The van der Waals surface area contributed by atoms with Gasteiger partial charge in [0, 0.05) is 29.9 Å². The number of nitrogens with one attached hydrogen (secondary N) is 2. The minimum Gasteiger partial charge on any atom is -0.299 e. The van der Waals surface area contributed by atoms with Gasteiger partial charge in [0.15, 0.2) is 11.0 Å². The Kier molecular flexibility index (Phi) is 3.81. The van der Waals surface area contributed by atoms with Crippen LogP contribution in [-0.2, 0) is 18.0 Å². The quantitative estimate of drug-likeness (QED) is 0.591. The molecule has 0 amide bonds. The Labute approximate surface area is 146 Å². The zero-order valence-corrected chi connectivity index (χ0v) is 14.5. The number of nitrogens with zero attached hydrogens (tertiary/aromatic N) is 4. The lowest BCUT2D eigenvalue weighted by Gasteiger charge is -2.09. The van der Waals surface area contributed by atoms with Crippen molar-refractivity contribution in [1.29, 1.82) is 0 Å². The van der Waals surface area contributed by atoms with E-state index in [-0.39, 0.29) is 0 Å². The monoisotopic (exact) mass is 352 g/mol. The number of aryl methyl sites for hydroxylation is 2. The molecular weight excluding hydrogens is 336 g/mol. The minimum absolute atomic E-state index is 0.601. The van der Waals surface area contributed by atoms with Crippen molar-refractivity contribution in [1.82, 2.24) is 25.0 Å². The van der Waals surface area contributed by atoms with Gasteiger partial charge in [0.25, 0.3) is 0 Å². The molecule has 3 heterocycles. The second kappa shape index (κ2) is 6.14. The molecule has 126 valence electrons. The van der Waals surface area contributed by atoms with Gasteiger partial charge in [-0.05, 0) is 25.1 Å². The summed E-state index contributed by atoms with van der Waals surface area (Å²) in [6.45, 7) is 1.94. The van der Waals surface area contributed by atoms with Gasteiger partial charge in [-0.2, -0.15) is 10.2 Å². The molecule has 2 N–H and O–H groups in total. The van der Waals surface area contributed by atoms with Crippen LogP contribution in [0.4, 0.5) is 5.69 Å². The lowest BCUT2D eigenvalue weighted by Crippen LogP contribution is -2.06. The third kappa shape index (κ3) is 2.80. The van der Waals surface area contributed by atoms with E-state index in [1.807, 2.05) is 38.2 Å². The van der Waals surface area contributed by atoms with Crippen molar-refractivity contribution in [2.24, 2.45) is 7.05 Å². The molecule has 1 atom stereocenters. The predicted octanol–water partition coefficient (Wildman–Crippen LogP) is 2.80. The van der Waals surface area contributed by atoms with Gasteiger partial charge in [0.1, 0.15) is 0 Å². The van der Waals surface area contributed by atoms with Crippen LogP contribution in [0.2, 0.25) is 0 Å². The van der Waals surface area contributed by atoms with Crippen molar-refractivity contribution < 1.29 is 4.21 Å². The second-order valence-electron chi connectivity index (χ2n) is 5.67. The van der Waals surface area contributed by atoms with Crippen molar-refractivity contribution in [3.05, 3.63) is 54.6 Å². The van der Waals surface area contributed by atoms with E-state index in [1.165, 1.54) is 0 Å². The molecule has 0 aliphatic carbocycles. The van der Waals surface area contributed by atoms with E-state index in [9.17, 15) is 4.21 Å². The number of aromatic amines is 1. The highest BCUT2D eigenvalue weighted by Crippen LogP contribution is 2.25. The lowest BCUT2D eigenvalue weighted by atomic mass is 10.2. The van der Waals surface area contributed by atoms with Crippen LogP contribution in [0.3, 0.4) is 0 Å². The Morgan fingerprint density at radius 2 is 2.04 bits per heavy atom. The van der Waals surface area contributed by atoms with Gasteiger partial charge in [-0.1, -0.05) is 12.1 Å². The number of aromatic nitrogens is 5. The molecule has 3 aromatic heterocycles. The molecule has 0 radical (unpaired) electrons. The fourth-order valence-electron chi connectivity index (χ4n) is 2.73. The highest BCUT2D eigenvalue weighted by Gasteiger charge is 2.11. The molecule has 0 saturated carbocycles. The lowest BCUT2D eigenvalue weighted by molar-refractivity contribution is 0.686. The summed E-state index contributed by atoms with van der Waals surface area (Å²) in [6, 6.07) is 9.42. The van der Waals surface area contributed by atoms with Gasteiger partial charge < -0.3 is 0 Å². The summed E-state index contributed by atoms with van der Waals surface area (Å²) >= 11 is 0. The largest absolute Gasteiger partial charge is 0.299 e. The Balaban J connectivity index is 1.61. The van der Waals surface area contributed by atoms with Crippen LogP contribution in [0, 0.1) is 6.92 Å². The first-order valence-corrected chi connectivity index (χ1v) is 8.84. The maximum atomic E-state index is 12.7. The van der Waals surface area contributed by atoms with Crippen LogP contribution < -0.4 is 4.72 Å². The molecule has 1 aromatic carbocycles. The number of pyridine rings is 1. The number of fused-ring (bicyclic) bond motifs is 1. The van der Waals surface area contributed by atoms with Crippen LogP contribution in [-0.4, -0.2) is 29.2 Å². The van der Waals surface area contributed by atoms with Crippen LogP contribution >= 0.6 is 0 Å². The molecular formula is C17H16N6OS. The third-order valence-corrected chi connectivity index (χ3v) is 5.09. The average Bonchev–Trinajstić information content (AvgIpc) is 3.22. The fourth-order valence-corrected chi connectivity index (χ4v) is 3.56. The Hall–Kier alpha value is -3.00. The van der Waals surface area contributed by atoms with Gasteiger partial charge >= 0.3 is 0 Å². The van der Waals surface area contributed by atoms with Gasteiger partial charge in [0.05, 0.1) is 34.2 Å². The predicted molar refractivity (Wildman–Crippen MR) is 97.3 cm³/mol. The van der Waals surface area contributed by atoms with Crippen LogP contribution in [0.5, 0.6) is 0 Å². The molecule has 25 heavy (non-hydrogen) atoms. The van der Waals surface area contributed by atoms with Crippen molar-refractivity contribution in [2.45, 2.75) is 11.8 Å². The van der Waals surface area contributed by atoms with E-state index in [2.05, 4.69) is 25.0 Å². The number of hydrogen-bond acceptors (Lipinski definition) is 4. The smallest absolute Gasteiger partial charge is 0.151 e. The van der Waals surface area contributed by atoms with E-state index in [4.69, 9.17) is 0 Å². The summed E-state index contributed by atoms with van der Waals surface area (Å²) in [6.07, 6.45) is 5.14. The Morgan fingerprint density at radius 3 is 2.76 bits per heavy atom. The first-order chi connectivity index (χ1) is 12.1. The topological polar surface area (TPSA) is 88.5 Å². The summed E-state index contributed by atoms with van der Waals surface area (Å²) in [5.41, 5.74) is 4.35. The van der Waals surface area contributed by atoms with E-state index < -0.39 is 11.0 Å². The molecule has 0 aliphatic heterocycles. The summed E-state index contributed by atoms with van der Waals surface area (Å²) in [5.74, 6) is 0. The second-order valence-corrected chi connectivity index (χ2v) is 6.88. The normalized spacial score (nSPS) is 12.4. The third-order valence-electron chi connectivity index (χ3n) is 4.02. The standard InChI is InChI=1S/C17H16N6OS/c1-11-14(10-19-21-11)15-7-6-13(9-18-15)25(24)22-16-5-3-4-12-8-20-23(2)17(12)16/h3-10,22H,1-2H3,(H,19,21). The molecule has 0 aliphatic rings. The fraction of sp³-hybridized carbons (Fsp3) is 0.118. The molecule has 1 unspecified atom stereocenters. The minimum atomic E-state index is -1.42. The summed E-state index contributed by atoms with van der Waals surface area (Å²) in [4.78, 5) is 5.00. The zero-order valence-electron chi connectivity index (χ0n) is 13.7. The summed E-state index contributed by atoms with van der Waals surface area (Å²) < 4.78 is 17.5. The van der Waals surface area contributed by atoms with E-state index >= 15 is 0 Å².